The summed E-state index contributed by atoms with van der Waals surface area (Å²) in [7, 11) is -1.58. The van der Waals surface area contributed by atoms with Gasteiger partial charge in [-0.05, 0) is 12.8 Å². The molecule has 0 saturated heterocycles. The molecule has 0 aromatic heterocycles. The Labute approximate surface area is 79.5 Å². The van der Waals surface area contributed by atoms with E-state index in [1.807, 2.05) is 19.6 Å². The maximum absolute atomic E-state index is 11.0. The largest absolute Gasteiger partial charge is 0.459 e. The van der Waals surface area contributed by atoms with Gasteiger partial charge in [-0.15, -0.1) is 5.54 Å². The summed E-state index contributed by atoms with van der Waals surface area (Å²) in [5, 5.41) is 0. The number of rotatable bonds is 2. The van der Waals surface area contributed by atoms with Crippen molar-refractivity contribution in [3.63, 3.8) is 0 Å². The maximum Gasteiger partial charge on any atom is 0.388 e. The Morgan fingerprint density at radius 1 is 1.31 bits per heavy atom. The fraction of sp³-hybridized carbons (Fsp3) is 0.556. The molecule has 0 bridgehead atoms. The van der Waals surface area contributed by atoms with E-state index in [1.165, 1.54) is 0 Å². The second-order valence-electron chi connectivity index (χ2n) is 3.55. The summed E-state index contributed by atoms with van der Waals surface area (Å²) in [6.45, 7) is 7.85. The first-order valence-corrected chi connectivity index (χ1v) is 7.61. The minimum absolute atomic E-state index is 0.208. The van der Waals surface area contributed by atoms with Gasteiger partial charge in [0.15, 0.2) is 0 Å². The van der Waals surface area contributed by atoms with Crippen LogP contribution in [-0.2, 0) is 14.3 Å². The highest BCUT2D eigenvalue weighted by Gasteiger charge is 2.13. The van der Waals surface area contributed by atoms with Gasteiger partial charge in [0.25, 0.3) is 0 Å². The van der Waals surface area contributed by atoms with Crippen LogP contribution in [0.1, 0.15) is 6.92 Å². The summed E-state index contributed by atoms with van der Waals surface area (Å²) < 4.78 is 4.49. The molecule has 0 aliphatic rings. The van der Waals surface area contributed by atoms with Crippen LogP contribution in [-0.4, -0.2) is 26.4 Å². The van der Waals surface area contributed by atoms with Gasteiger partial charge in [-0.1, -0.05) is 19.6 Å². The highest BCUT2D eigenvalue weighted by molar-refractivity contribution is 6.84. The van der Waals surface area contributed by atoms with Gasteiger partial charge in [0, 0.05) is 0 Å². The summed E-state index contributed by atoms with van der Waals surface area (Å²) in [6, 6.07) is 0. The normalized spacial score (nSPS) is 9.85. The minimum Gasteiger partial charge on any atom is -0.459 e. The lowest BCUT2D eigenvalue weighted by Gasteiger charge is -2.02. The van der Waals surface area contributed by atoms with Crippen molar-refractivity contribution < 1.29 is 14.3 Å². The van der Waals surface area contributed by atoms with Gasteiger partial charge in [0.2, 0.25) is 0 Å². The lowest BCUT2D eigenvalue weighted by Crippen LogP contribution is -2.20. The van der Waals surface area contributed by atoms with Crippen LogP contribution < -0.4 is 0 Å². The Balaban J connectivity index is 4.28. The smallest absolute Gasteiger partial charge is 0.388 e. The van der Waals surface area contributed by atoms with E-state index in [0.717, 1.165) is 0 Å². The summed E-state index contributed by atoms with van der Waals surface area (Å²) in [5.74, 6) is 0.706. The van der Waals surface area contributed by atoms with E-state index in [0.29, 0.717) is 0 Å². The first-order valence-electron chi connectivity index (χ1n) is 4.11. The molecule has 0 radical (unpaired) electrons. The Morgan fingerprint density at radius 3 is 2.23 bits per heavy atom. The topological polar surface area (TPSA) is 43.4 Å². The Morgan fingerprint density at radius 2 is 1.85 bits per heavy atom. The second kappa shape index (κ2) is 4.82. The molecule has 0 aromatic carbocycles. The van der Waals surface area contributed by atoms with Gasteiger partial charge in [0.05, 0.1) is 6.61 Å². The third kappa shape index (κ3) is 6.11. The zero-order valence-corrected chi connectivity index (χ0v) is 9.43. The number of ketones is 1. The van der Waals surface area contributed by atoms with Crippen LogP contribution in [0, 0.1) is 11.5 Å². The number of carbonyl (C=O) groups is 2. The molecule has 0 unspecified atom stereocenters. The molecular weight excluding hydrogens is 184 g/mol. The highest BCUT2D eigenvalue weighted by atomic mass is 28.3. The third-order valence-corrected chi connectivity index (χ3v) is 1.89. The molecular formula is C9H14O3Si. The molecule has 13 heavy (non-hydrogen) atoms. The van der Waals surface area contributed by atoms with E-state index in [-0.39, 0.29) is 6.61 Å². The molecule has 0 rings (SSSR count). The molecule has 0 aromatic rings. The predicted molar refractivity (Wildman–Crippen MR) is 52.8 cm³/mol. The minimum atomic E-state index is -1.58. The summed E-state index contributed by atoms with van der Waals surface area (Å²) in [6.07, 6.45) is 0. The fourth-order valence-corrected chi connectivity index (χ4v) is 0.980. The van der Waals surface area contributed by atoms with E-state index in [1.54, 1.807) is 6.92 Å². The molecule has 0 saturated carbocycles. The van der Waals surface area contributed by atoms with Gasteiger partial charge in [-0.2, -0.15) is 0 Å². The number of hydrogen-bond donors (Lipinski definition) is 0. The maximum atomic E-state index is 11.0. The number of carbonyl (C=O) groups excluding carboxylic acids is 2. The van der Waals surface area contributed by atoms with Crippen molar-refractivity contribution in [1.82, 2.24) is 0 Å². The van der Waals surface area contributed by atoms with Crippen LogP contribution in [0.3, 0.4) is 0 Å². The van der Waals surface area contributed by atoms with Crippen molar-refractivity contribution in [2.45, 2.75) is 26.6 Å². The Bertz CT molecular complexity index is 265. The van der Waals surface area contributed by atoms with E-state index in [4.69, 9.17) is 0 Å². The van der Waals surface area contributed by atoms with Gasteiger partial charge in [-0.25, -0.2) is 4.79 Å². The molecule has 0 aliphatic carbocycles. The standard InChI is InChI=1S/C9H14O3Si/c1-5-12-9(11)8(10)6-7-13(2,3)4/h5H2,1-4H3. The molecule has 0 amide bonds. The summed E-state index contributed by atoms with van der Waals surface area (Å²) >= 11 is 0. The van der Waals surface area contributed by atoms with E-state index in [2.05, 4.69) is 16.2 Å². The SMILES string of the molecule is CCOC(=O)C(=O)C#C[Si](C)(C)C. The van der Waals surface area contributed by atoms with Gasteiger partial charge < -0.3 is 4.74 Å². The van der Waals surface area contributed by atoms with Crippen molar-refractivity contribution in [2.24, 2.45) is 0 Å². The van der Waals surface area contributed by atoms with Crippen LogP contribution in [0.2, 0.25) is 19.6 Å². The van der Waals surface area contributed by atoms with Gasteiger partial charge in [0.1, 0.15) is 8.07 Å². The lowest BCUT2D eigenvalue weighted by molar-refractivity contribution is -0.150. The zero-order chi connectivity index (χ0) is 10.5. The molecule has 0 N–H and O–H groups in total. The molecule has 0 atom stereocenters. The van der Waals surface area contributed by atoms with Crippen LogP contribution in [0.5, 0.6) is 0 Å². The molecule has 4 heteroatoms. The molecule has 0 aliphatic heterocycles. The molecule has 0 spiro atoms. The van der Waals surface area contributed by atoms with E-state index < -0.39 is 19.8 Å². The zero-order valence-electron chi connectivity index (χ0n) is 8.43. The number of Topliss-reactive ketones (excluding diaryl/α,β-unsaturated/α-hetero) is 1. The first kappa shape index (κ1) is 11.9. The van der Waals surface area contributed by atoms with Crippen molar-refractivity contribution in [1.29, 1.82) is 0 Å². The van der Waals surface area contributed by atoms with Gasteiger partial charge >= 0.3 is 11.8 Å². The monoisotopic (exact) mass is 198 g/mol. The van der Waals surface area contributed by atoms with E-state index in [9.17, 15) is 9.59 Å². The van der Waals surface area contributed by atoms with E-state index >= 15 is 0 Å². The van der Waals surface area contributed by atoms with Crippen LogP contribution in [0.15, 0.2) is 0 Å². The highest BCUT2D eigenvalue weighted by Crippen LogP contribution is 1.96. The van der Waals surface area contributed by atoms with Crippen molar-refractivity contribution in [3.05, 3.63) is 0 Å². The number of ether oxygens (including phenoxy) is 1. The third-order valence-electron chi connectivity index (χ3n) is 1.01. The van der Waals surface area contributed by atoms with Crippen LogP contribution in [0.4, 0.5) is 0 Å². The molecule has 0 heterocycles. The first-order chi connectivity index (χ1) is 5.87. The Kier molecular flexibility index (Phi) is 4.42. The molecule has 0 fully saturated rings. The van der Waals surface area contributed by atoms with Crippen molar-refractivity contribution >= 4 is 19.8 Å². The Hall–Kier alpha value is -1.08. The average Bonchev–Trinajstić information content (AvgIpc) is 1.99. The quantitative estimate of drug-likeness (QED) is 0.288. The van der Waals surface area contributed by atoms with Crippen LogP contribution >= 0.6 is 0 Å². The fourth-order valence-electron chi connectivity index (χ4n) is 0.492. The van der Waals surface area contributed by atoms with Crippen molar-refractivity contribution in [2.75, 3.05) is 6.61 Å². The number of hydrogen-bond acceptors (Lipinski definition) is 3. The summed E-state index contributed by atoms with van der Waals surface area (Å²) in [4.78, 5) is 21.8. The number of esters is 1. The average molecular weight is 198 g/mol. The second-order valence-corrected chi connectivity index (χ2v) is 8.30. The molecule has 72 valence electrons. The summed E-state index contributed by atoms with van der Waals surface area (Å²) in [5.41, 5.74) is 2.80. The van der Waals surface area contributed by atoms with Crippen LogP contribution in [0.25, 0.3) is 0 Å². The van der Waals surface area contributed by atoms with Crippen molar-refractivity contribution in [3.8, 4) is 11.5 Å². The van der Waals surface area contributed by atoms with Gasteiger partial charge in [-0.3, -0.25) is 4.79 Å². The molecule has 3 nitrogen and oxygen atoms in total. The lowest BCUT2D eigenvalue weighted by atomic mass is 10.4. The predicted octanol–water partition coefficient (Wildman–Crippen LogP) is 0.999.